The molecule has 4 aliphatic rings. The van der Waals surface area contributed by atoms with Gasteiger partial charge in [0.25, 0.3) is 10.1 Å². The van der Waals surface area contributed by atoms with Crippen LogP contribution in [0.4, 0.5) is 8.78 Å². The minimum absolute atomic E-state index is 0.0341. The first-order chi connectivity index (χ1) is 16.5. The molecule has 4 rings (SSSR count). The van der Waals surface area contributed by atoms with E-state index in [9.17, 15) is 27.9 Å². The maximum absolute atomic E-state index is 17.1. The second-order valence-electron chi connectivity index (χ2n) is 11.3. The van der Waals surface area contributed by atoms with Crippen LogP contribution in [0, 0.1) is 34.5 Å². The average molecular weight is 531 g/mol. The summed E-state index contributed by atoms with van der Waals surface area (Å²) in [6.07, 6.45) is 0.127. The molecule has 2 N–H and O–H groups in total. The monoisotopic (exact) mass is 530 g/mol. The summed E-state index contributed by atoms with van der Waals surface area (Å²) in [4.78, 5) is 37.0. The minimum Gasteiger partial charge on any atom is -0.458 e. The molecule has 0 spiro atoms. The van der Waals surface area contributed by atoms with E-state index in [4.69, 9.17) is 9.29 Å². The number of aliphatic hydroxyl groups is 1. The van der Waals surface area contributed by atoms with E-state index in [1.807, 2.05) is 6.92 Å². The molecular formula is C25H32F2O8S. The third kappa shape index (κ3) is 4.07. The van der Waals surface area contributed by atoms with Gasteiger partial charge in [0.2, 0.25) is 0 Å². The maximum Gasteiger partial charge on any atom is 0.307 e. The van der Waals surface area contributed by atoms with Gasteiger partial charge in [0.15, 0.2) is 17.2 Å². The third-order valence-electron chi connectivity index (χ3n) is 9.25. The Kier molecular flexibility index (Phi) is 6.62. The van der Waals surface area contributed by atoms with Gasteiger partial charge in [-0.1, -0.05) is 19.9 Å². The normalized spacial score (nSPS) is 43.8. The van der Waals surface area contributed by atoms with Gasteiger partial charge in [-0.2, -0.15) is 8.42 Å². The van der Waals surface area contributed by atoms with E-state index in [1.54, 1.807) is 6.92 Å². The number of esters is 1. The van der Waals surface area contributed by atoms with Crippen molar-refractivity contribution in [3.8, 4) is 0 Å². The average Bonchev–Trinajstić information content (AvgIpc) is 3.03. The van der Waals surface area contributed by atoms with Crippen molar-refractivity contribution in [3.05, 3.63) is 23.8 Å². The molecule has 3 fully saturated rings. The molecule has 9 atom stereocenters. The van der Waals surface area contributed by atoms with Crippen LogP contribution in [0.5, 0.6) is 0 Å². The van der Waals surface area contributed by atoms with Crippen molar-refractivity contribution in [2.75, 3.05) is 12.4 Å². The lowest BCUT2D eigenvalue weighted by Crippen LogP contribution is -2.68. The zero-order valence-corrected chi connectivity index (χ0v) is 21.3. The molecule has 0 aromatic rings. The molecule has 0 heterocycles. The Morgan fingerprint density at radius 2 is 1.89 bits per heavy atom. The van der Waals surface area contributed by atoms with Gasteiger partial charge in [-0.25, -0.2) is 8.78 Å². The third-order valence-corrected chi connectivity index (χ3v) is 9.97. The molecule has 8 nitrogen and oxygen atoms in total. The van der Waals surface area contributed by atoms with Crippen LogP contribution in [-0.4, -0.2) is 65.9 Å². The highest BCUT2D eigenvalue weighted by Crippen LogP contribution is 2.70. The topological polar surface area (TPSA) is 135 Å². The summed E-state index contributed by atoms with van der Waals surface area (Å²) >= 11 is 0. The number of ether oxygens (including phenoxy) is 1. The summed E-state index contributed by atoms with van der Waals surface area (Å²) < 4.78 is 67.9. The smallest absolute Gasteiger partial charge is 0.307 e. The lowest BCUT2D eigenvalue weighted by molar-refractivity contribution is -0.202. The number of halogens is 2. The van der Waals surface area contributed by atoms with Crippen molar-refractivity contribution >= 4 is 27.7 Å². The lowest BCUT2D eigenvalue weighted by Gasteiger charge is -2.62. The largest absolute Gasteiger partial charge is 0.458 e. The van der Waals surface area contributed by atoms with Gasteiger partial charge in [-0.15, -0.1) is 0 Å². The van der Waals surface area contributed by atoms with Crippen LogP contribution >= 0.6 is 0 Å². The molecule has 0 aromatic heterocycles. The Bertz CT molecular complexity index is 1150. The summed E-state index contributed by atoms with van der Waals surface area (Å²) in [5.41, 5.74) is -4.59. The second-order valence-corrected chi connectivity index (χ2v) is 12.9. The number of allylic oxidation sites excluding steroid dienone is 4. The number of Topliss-reactive ketones (excluding diaryl/α,β-unsaturated/α-hetero) is 1. The molecule has 200 valence electrons. The first-order valence-electron chi connectivity index (χ1n) is 12.1. The van der Waals surface area contributed by atoms with Crippen molar-refractivity contribution in [3.63, 3.8) is 0 Å². The van der Waals surface area contributed by atoms with E-state index in [1.165, 1.54) is 19.1 Å². The van der Waals surface area contributed by atoms with Crippen molar-refractivity contribution < 1.29 is 46.0 Å². The van der Waals surface area contributed by atoms with E-state index < -0.39 is 93.0 Å². The molecule has 0 amide bonds. The van der Waals surface area contributed by atoms with Gasteiger partial charge in [-0.05, 0) is 61.2 Å². The van der Waals surface area contributed by atoms with Crippen LogP contribution in [0.25, 0.3) is 0 Å². The predicted octanol–water partition coefficient (Wildman–Crippen LogP) is 2.56. The molecule has 1 unspecified atom stereocenters. The molecule has 0 radical (unpaired) electrons. The number of alkyl halides is 2. The second kappa shape index (κ2) is 8.80. The number of ketones is 2. The number of fused-ring (bicyclic) bond motifs is 5. The molecule has 3 saturated carbocycles. The number of hydrogen-bond donors (Lipinski definition) is 2. The van der Waals surface area contributed by atoms with Gasteiger partial charge < -0.3 is 9.84 Å². The molecule has 0 aromatic carbocycles. The number of carbonyl (C=O) groups is 3. The molecule has 0 aliphatic heterocycles. The zero-order valence-electron chi connectivity index (χ0n) is 20.4. The van der Waals surface area contributed by atoms with Gasteiger partial charge in [-0.3, -0.25) is 18.9 Å². The highest BCUT2D eigenvalue weighted by Gasteiger charge is 2.73. The summed E-state index contributed by atoms with van der Waals surface area (Å²) in [6.45, 7) is 4.50. The van der Waals surface area contributed by atoms with Crippen LogP contribution in [-0.2, 0) is 29.2 Å². The SMILES string of the molecule is C[C@@H]1C[C@H]2[C@@H]3C[C@H](F)C4=CC(=O)C=C[C@]4(C)C3(F)[C@@H](O)C[C@]2(C)[C@H]1C(=O)COC(=O)CCS(=O)(=O)O. The van der Waals surface area contributed by atoms with E-state index >= 15 is 8.78 Å². The van der Waals surface area contributed by atoms with E-state index in [0.29, 0.717) is 6.42 Å². The Balaban J connectivity index is 1.59. The fourth-order valence-electron chi connectivity index (χ4n) is 7.78. The molecule has 0 bridgehead atoms. The Labute approximate surface area is 208 Å². The molecule has 11 heteroatoms. The summed E-state index contributed by atoms with van der Waals surface area (Å²) in [5.74, 6) is -4.94. The molecule has 4 aliphatic carbocycles. The van der Waals surface area contributed by atoms with Crippen LogP contribution in [0.3, 0.4) is 0 Å². The minimum atomic E-state index is -4.36. The first kappa shape index (κ1) is 27.1. The van der Waals surface area contributed by atoms with Crippen molar-refractivity contribution in [1.82, 2.24) is 0 Å². The number of carbonyl (C=O) groups excluding carboxylic acids is 3. The quantitative estimate of drug-likeness (QED) is 0.395. The standard InChI is InChI=1S/C25H32F2O8S/c1-13-8-15-16-10-18(26)17-9-14(28)4-6-24(17,3)25(16,27)20(30)11-23(15,2)22(13)19(29)12-35-21(31)5-7-36(32,33)34/h4,6,9,13,15-16,18,20,22,30H,5,7-8,10-12H2,1-3H3,(H,32,33,34)/t13-,15+,16+,18+,20+,22-,23+,24+,25?/m1/s1. The van der Waals surface area contributed by atoms with E-state index in [0.717, 1.165) is 6.08 Å². The highest BCUT2D eigenvalue weighted by molar-refractivity contribution is 7.85. The van der Waals surface area contributed by atoms with Gasteiger partial charge in [0, 0.05) is 17.3 Å². The first-order valence-corrected chi connectivity index (χ1v) is 13.8. The fourth-order valence-corrected chi connectivity index (χ4v) is 8.21. The molecule has 0 saturated heterocycles. The highest BCUT2D eigenvalue weighted by atomic mass is 32.2. The summed E-state index contributed by atoms with van der Waals surface area (Å²) in [6, 6.07) is 0. The summed E-state index contributed by atoms with van der Waals surface area (Å²) in [5, 5.41) is 11.3. The molecular weight excluding hydrogens is 498 g/mol. The van der Waals surface area contributed by atoms with E-state index in [2.05, 4.69) is 0 Å². The zero-order chi connectivity index (χ0) is 26.8. The maximum atomic E-state index is 17.1. The van der Waals surface area contributed by atoms with Gasteiger partial charge in [0.05, 0.1) is 18.3 Å². The fraction of sp³-hybridized carbons (Fsp3) is 0.720. The number of aliphatic hydroxyl groups excluding tert-OH is 1. The predicted molar refractivity (Wildman–Crippen MR) is 124 cm³/mol. The van der Waals surface area contributed by atoms with Crippen molar-refractivity contribution in [2.45, 2.75) is 64.4 Å². The van der Waals surface area contributed by atoms with Crippen LogP contribution in [0.2, 0.25) is 0 Å². The van der Waals surface area contributed by atoms with Crippen LogP contribution in [0.1, 0.15) is 46.5 Å². The number of hydrogen-bond acceptors (Lipinski definition) is 7. The Morgan fingerprint density at radius 3 is 2.53 bits per heavy atom. The lowest BCUT2D eigenvalue weighted by atomic mass is 9.45. The van der Waals surface area contributed by atoms with Gasteiger partial charge >= 0.3 is 5.97 Å². The van der Waals surface area contributed by atoms with Crippen LogP contribution in [0.15, 0.2) is 23.8 Å². The van der Waals surface area contributed by atoms with Gasteiger partial charge in [0.1, 0.15) is 12.8 Å². The molecule has 36 heavy (non-hydrogen) atoms. The van der Waals surface area contributed by atoms with Crippen molar-refractivity contribution in [2.24, 2.45) is 34.5 Å². The Hall–Kier alpha value is -1.98. The number of rotatable bonds is 6. The van der Waals surface area contributed by atoms with Crippen LogP contribution < -0.4 is 0 Å². The summed E-state index contributed by atoms with van der Waals surface area (Å²) in [7, 11) is -4.36. The van der Waals surface area contributed by atoms with E-state index in [-0.39, 0.29) is 24.3 Å². The van der Waals surface area contributed by atoms with Crippen molar-refractivity contribution in [1.29, 1.82) is 0 Å². The Morgan fingerprint density at radius 1 is 1.22 bits per heavy atom.